The van der Waals surface area contributed by atoms with E-state index in [1.54, 1.807) is 36.7 Å². The van der Waals surface area contributed by atoms with Crippen LogP contribution in [-0.4, -0.2) is 68.4 Å². The molecule has 7 rings (SSSR count). The fraction of sp³-hybridized carbons (Fsp3) is 0.116. The van der Waals surface area contributed by atoms with Crippen molar-refractivity contribution in [3.8, 4) is 23.0 Å². The molecule has 57 heavy (non-hydrogen) atoms. The Balaban J connectivity index is 0.000000197. The maximum atomic E-state index is 12.3. The van der Waals surface area contributed by atoms with E-state index in [0.717, 1.165) is 28.3 Å². The molecule has 292 valence electrons. The molecule has 2 N–H and O–H groups in total. The van der Waals surface area contributed by atoms with Gasteiger partial charge >= 0.3 is 17.9 Å². The number of hydrogen-bond acceptors (Lipinski definition) is 13. The molecule has 0 saturated heterocycles. The van der Waals surface area contributed by atoms with E-state index in [9.17, 15) is 19.2 Å². The van der Waals surface area contributed by atoms with Crippen molar-refractivity contribution in [2.75, 3.05) is 40.9 Å². The number of pyridine rings is 3. The number of benzene rings is 4. The van der Waals surface area contributed by atoms with Crippen LogP contribution >= 0.6 is 0 Å². The van der Waals surface area contributed by atoms with Crippen LogP contribution in [0.15, 0.2) is 138 Å². The number of carbonyl (C=O) groups excluding carboxylic acids is 3. The summed E-state index contributed by atoms with van der Waals surface area (Å²) in [5.41, 5.74) is 1.85. The van der Waals surface area contributed by atoms with E-state index in [1.807, 2.05) is 78.9 Å². The minimum Gasteiger partial charge on any atom is -0.497 e. The third-order valence-electron chi connectivity index (χ3n) is 8.04. The number of carbonyl (C=O) groups is 3. The number of fused-ring (bicyclic) bond motifs is 4. The van der Waals surface area contributed by atoms with Crippen LogP contribution in [0.1, 0.15) is 11.9 Å². The first-order valence-corrected chi connectivity index (χ1v) is 17.1. The van der Waals surface area contributed by atoms with E-state index in [0.29, 0.717) is 39.1 Å². The number of anilines is 1. The highest BCUT2D eigenvalue weighted by Gasteiger charge is 2.17. The van der Waals surface area contributed by atoms with E-state index >= 15 is 0 Å². The molecule has 14 heteroatoms. The number of para-hydroxylation sites is 2. The predicted molar refractivity (Wildman–Crippen MR) is 217 cm³/mol. The van der Waals surface area contributed by atoms with Crippen molar-refractivity contribution >= 4 is 56.3 Å². The second-order valence-electron chi connectivity index (χ2n) is 11.6. The van der Waals surface area contributed by atoms with E-state index in [1.165, 1.54) is 41.6 Å². The van der Waals surface area contributed by atoms with Gasteiger partial charge in [-0.3, -0.25) is 14.8 Å². The van der Waals surface area contributed by atoms with Gasteiger partial charge in [0.2, 0.25) is 0 Å². The zero-order chi connectivity index (χ0) is 40.7. The molecule has 0 fully saturated rings. The predicted octanol–water partition coefficient (Wildman–Crippen LogP) is 7.48. The lowest BCUT2D eigenvalue weighted by Crippen LogP contribution is -2.15. The average Bonchev–Trinajstić information content (AvgIpc) is 3.26. The van der Waals surface area contributed by atoms with E-state index in [-0.39, 0.29) is 18.2 Å². The standard InChI is InChI=1S/C16H16N2O5.C15H12N2O4.C12H10O.H2/c1-21-11-7-10-5-4-6-17-15(10)12(8-11)18-13(16(20)23-3)9-14(19)22-2;1-20-11-6-8-4-3-5-16-13(8)14-12(11)10(18)7-9(17-14)15(19)21-2;1-3-7-11(8-4-1)13-12-9-5-2-6-10-12;/h4-9,18H,1-3H3;3-7H,1-2H3,(H,17,18);1-10H;1H/b13-9-;;;/i;;;1+1. The highest BCUT2D eigenvalue weighted by molar-refractivity contribution is 6.07. The molecule has 0 aliphatic carbocycles. The lowest BCUT2D eigenvalue weighted by molar-refractivity contribution is -0.138. The summed E-state index contributed by atoms with van der Waals surface area (Å²) in [5.74, 6) is 0.752. The Morgan fingerprint density at radius 1 is 0.667 bits per heavy atom. The molecule has 4 aromatic carbocycles. The van der Waals surface area contributed by atoms with Gasteiger partial charge in [0.25, 0.3) is 0 Å². The summed E-state index contributed by atoms with van der Waals surface area (Å²) in [6, 6.07) is 33.2. The summed E-state index contributed by atoms with van der Waals surface area (Å²) in [5, 5.41) is 4.84. The SMILES string of the molecule is COC(=O)/C=C(\Nc1cc(OC)cc2cccnc12)C(=O)OC.COC(=O)c1cc(=O)c2c(OC)cc3cccnc3c2[nH]1.[2HH].c1ccc(Oc2ccccc2)cc1. The maximum absolute atomic E-state index is 12.3. The van der Waals surface area contributed by atoms with Gasteiger partial charge in [0.1, 0.15) is 34.4 Å². The number of ether oxygens (including phenoxy) is 6. The molecule has 0 radical (unpaired) electrons. The molecule has 0 aliphatic rings. The first-order valence-electron chi connectivity index (χ1n) is 17.1. The Kier molecular flexibility index (Phi) is 13.9. The van der Waals surface area contributed by atoms with Gasteiger partial charge in [-0.05, 0) is 48.5 Å². The van der Waals surface area contributed by atoms with Crippen molar-refractivity contribution in [3.05, 3.63) is 149 Å². The number of nitrogens with one attached hydrogen (secondary N) is 2. The Hall–Kier alpha value is -7.74. The van der Waals surface area contributed by atoms with Crippen LogP contribution < -0.4 is 25.0 Å². The fourth-order valence-electron chi connectivity index (χ4n) is 5.39. The zero-order valence-electron chi connectivity index (χ0n) is 31.6. The highest BCUT2D eigenvalue weighted by atomic mass is 16.5. The monoisotopic (exact) mass is 773 g/mol. The molecule has 7 aromatic rings. The number of methoxy groups -OCH3 is 5. The van der Waals surface area contributed by atoms with Crippen LogP contribution in [0.4, 0.5) is 5.69 Å². The molecule has 0 bridgehead atoms. The number of rotatable bonds is 9. The largest absolute Gasteiger partial charge is 0.497 e. The second kappa shape index (κ2) is 19.5. The summed E-state index contributed by atoms with van der Waals surface area (Å²) < 4.78 is 30.0. The van der Waals surface area contributed by atoms with Crippen LogP contribution in [0.3, 0.4) is 0 Å². The number of H-pyrrole nitrogens is 1. The number of esters is 3. The molecular formula is C43H40N4O10. The minimum absolute atomic E-state index is 0. The Labute approximate surface area is 328 Å². The molecule has 0 saturated carbocycles. The summed E-state index contributed by atoms with van der Waals surface area (Å²) in [4.78, 5) is 58.7. The molecule has 0 amide bonds. The van der Waals surface area contributed by atoms with E-state index in [2.05, 4.69) is 34.5 Å². The second-order valence-corrected chi connectivity index (χ2v) is 11.6. The molecule has 0 unspecified atom stereocenters. The van der Waals surface area contributed by atoms with Gasteiger partial charge in [0.15, 0.2) is 5.43 Å². The molecular weight excluding hydrogens is 732 g/mol. The van der Waals surface area contributed by atoms with Crippen LogP contribution in [-0.2, 0) is 23.8 Å². The van der Waals surface area contributed by atoms with Crippen molar-refractivity contribution in [2.45, 2.75) is 0 Å². The fourth-order valence-corrected chi connectivity index (χ4v) is 5.39. The molecule has 3 heterocycles. The summed E-state index contributed by atoms with van der Waals surface area (Å²) in [7, 11) is 6.72. The number of nitrogens with zero attached hydrogens (tertiary/aromatic N) is 2. The van der Waals surface area contributed by atoms with Gasteiger partial charge in [-0.1, -0.05) is 48.5 Å². The summed E-state index contributed by atoms with van der Waals surface area (Å²) in [6.07, 6.45) is 4.26. The summed E-state index contributed by atoms with van der Waals surface area (Å²) >= 11 is 0. The van der Waals surface area contributed by atoms with Crippen LogP contribution in [0, 0.1) is 0 Å². The highest BCUT2D eigenvalue weighted by Crippen LogP contribution is 2.30. The van der Waals surface area contributed by atoms with Crippen molar-refractivity contribution in [1.82, 2.24) is 15.0 Å². The number of aromatic amines is 1. The maximum Gasteiger partial charge on any atom is 0.354 e. The average molecular weight is 774 g/mol. The first-order chi connectivity index (χ1) is 27.7. The van der Waals surface area contributed by atoms with E-state index < -0.39 is 17.9 Å². The van der Waals surface area contributed by atoms with Gasteiger partial charge in [-0.25, -0.2) is 14.4 Å². The molecule has 14 nitrogen and oxygen atoms in total. The van der Waals surface area contributed by atoms with Crippen LogP contribution in [0.2, 0.25) is 0 Å². The Morgan fingerprint density at radius 2 is 1.28 bits per heavy atom. The molecule has 0 aliphatic heterocycles. The molecule has 3 aromatic heterocycles. The minimum atomic E-state index is -0.706. The Bertz CT molecular complexity index is 2560. The van der Waals surface area contributed by atoms with Crippen molar-refractivity contribution in [3.63, 3.8) is 0 Å². The topological polar surface area (TPSA) is 177 Å². The number of hydrogen-bond donors (Lipinski definition) is 2. The molecule has 0 spiro atoms. The zero-order valence-corrected chi connectivity index (χ0v) is 31.6. The lowest BCUT2D eigenvalue weighted by Gasteiger charge is -2.12. The first kappa shape index (κ1) is 40.4. The van der Waals surface area contributed by atoms with Gasteiger partial charge in [0.05, 0.1) is 69.2 Å². The third-order valence-corrected chi connectivity index (χ3v) is 8.04. The Morgan fingerprint density at radius 3 is 1.84 bits per heavy atom. The van der Waals surface area contributed by atoms with Crippen molar-refractivity contribution in [2.24, 2.45) is 0 Å². The summed E-state index contributed by atoms with van der Waals surface area (Å²) in [6.45, 7) is 0. The smallest absolute Gasteiger partial charge is 0.354 e. The van der Waals surface area contributed by atoms with Gasteiger partial charge in [0, 0.05) is 36.7 Å². The third kappa shape index (κ3) is 10.3. The quantitative estimate of drug-likeness (QED) is 0.0639. The van der Waals surface area contributed by atoms with Gasteiger partial charge in [-0.2, -0.15) is 0 Å². The molecule has 0 atom stereocenters. The van der Waals surface area contributed by atoms with Crippen LogP contribution in [0.25, 0.3) is 32.7 Å². The van der Waals surface area contributed by atoms with Gasteiger partial charge in [-0.15, -0.1) is 0 Å². The van der Waals surface area contributed by atoms with Crippen molar-refractivity contribution in [1.29, 1.82) is 0 Å². The van der Waals surface area contributed by atoms with E-state index in [4.69, 9.17) is 14.2 Å². The van der Waals surface area contributed by atoms with Gasteiger partial charge < -0.3 is 38.7 Å². The number of aromatic nitrogens is 3. The van der Waals surface area contributed by atoms with Crippen LogP contribution in [0.5, 0.6) is 23.0 Å². The lowest BCUT2D eigenvalue weighted by atomic mass is 10.1. The normalized spacial score (nSPS) is 10.6. The van der Waals surface area contributed by atoms with Crippen molar-refractivity contribution < 1.29 is 44.2 Å².